The largest absolute Gasteiger partial charge is 0.466 e. The Labute approximate surface area is 111 Å². The van der Waals surface area contributed by atoms with Crippen LogP contribution >= 0.6 is 0 Å². The molecule has 0 radical (unpaired) electrons. The molecule has 0 bridgehead atoms. The lowest BCUT2D eigenvalue weighted by Gasteiger charge is -2.25. The minimum absolute atomic E-state index is 0.0568. The molecule has 0 unspecified atom stereocenters. The normalized spacial score (nSPS) is 11.0. The van der Waals surface area contributed by atoms with E-state index in [9.17, 15) is 9.59 Å². The van der Waals surface area contributed by atoms with Gasteiger partial charge in [0, 0.05) is 6.04 Å². The molecule has 0 rings (SSSR count). The van der Waals surface area contributed by atoms with Crippen LogP contribution in [0.2, 0.25) is 0 Å². The molecule has 18 heavy (non-hydrogen) atoms. The summed E-state index contributed by atoms with van der Waals surface area (Å²) < 4.78 is 4.77. The molecule has 0 saturated carbocycles. The van der Waals surface area contributed by atoms with Crippen LogP contribution in [0.5, 0.6) is 0 Å². The fourth-order valence-electron chi connectivity index (χ4n) is 1.74. The predicted molar refractivity (Wildman–Crippen MR) is 72.5 cm³/mol. The van der Waals surface area contributed by atoms with Gasteiger partial charge in [0.1, 0.15) is 6.42 Å². The number of nitrogens with zero attached hydrogens (tertiary/aromatic N) is 1. The number of carbonyl (C=O) groups is 2. The first-order valence-electron chi connectivity index (χ1n) is 6.92. The van der Waals surface area contributed by atoms with Gasteiger partial charge in [-0.2, -0.15) is 0 Å². The molecule has 0 fully saturated rings. The Morgan fingerprint density at radius 3 is 2.33 bits per heavy atom. The van der Waals surface area contributed by atoms with Crippen molar-refractivity contribution in [3.8, 4) is 0 Å². The molecule has 0 aromatic rings. The highest BCUT2D eigenvalue weighted by Gasteiger charge is 2.16. The second-order valence-corrected chi connectivity index (χ2v) is 4.79. The maximum atomic E-state index is 11.7. The van der Waals surface area contributed by atoms with Gasteiger partial charge < -0.3 is 4.74 Å². The maximum Gasteiger partial charge on any atom is 0.313 e. The zero-order valence-corrected chi connectivity index (χ0v) is 12.2. The van der Waals surface area contributed by atoms with Crippen molar-refractivity contribution >= 4 is 11.8 Å². The van der Waals surface area contributed by atoms with Crippen LogP contribution in [-0.4, -0.2) is 42.4 Å². The third-order valence-electron chi connectivity index (χ3n) is 2.81. The van der Waals surface area contributed by atoms with Crippen LogP contribution in [0.3, 0.4) is 0 Å². The van der Waals surface area contributed by atoms with E-state index < -0.39 is 5.97 Å². The molecule has 0 aliphatic carbocycles. The fraction of sp³-hybridized carbons (Fsp3) is 0.857. The monoisotopic (exact) mass is 257 g/mol. The molecule has 0 aliphatic heterocycles. The molecular weight excluding hydrogens is 230 g/mol. The predicted octanol–water partition coefficient (Wildman–Crippen LogP) is 2.41. The Morgan fingerprint density at radius 1 is 1.17 bits per heavy atom. The van der Waals surface area contributed by atoms with E-state index in [1.54, 1.807) is 6.92 Å². The number of carbonyl (C=O) groups excluding carboxylic acids is 2. The zero-order valence-electron chi connectivity index (χ0n) is 12.2. The van der Waals surface area contributed by atoms with E-state index in [4.69, 9.17) is 4.74 Å². The average molecular weight is 257 g/mol. The highest BCUT2D eigenvalue weighted by atomic mass is 16.5. The van der Waals surface area contributed by atoms with Crippen molar-refractivity contribution in [1.82, 2.24) is 4.90 Å². The molecule has 0 atom stereocenters. The maximum absolute atomic E-state index is 11.7. The van der Waals surface area contributed by atoms with Crippen LogP contribution in [0.4, 0.5) is 0 Å². The van der Waals surface area contributed by atoms with Crippen molar-refractivity contribution in [3.63, 3.8) is 0 Å². The smallest absolute Gasteiger partial charge is 0.313 e. The van der Waals surface area contributed by atoms with Crippen LogP contribution < -0.4 is 0 Å². The molecule has 0 spiro atoms. The third-order valence-corrected chi connectivity index (χ3v) is 2.81. The number of unbranched alkanes of at least 4 members (excludes halogenated alkanes) is 2. The summed E-state index contributed by atoms with van der Waals surface area (Å²) in [6.45, 7) is 9.64. The fourth-order valence-corrected chi connectivity index (χ4v) is 1.74. The molecular formula is C14H27NO3. The van der Waals surface area contributed by atoms with E-state index in [1.165, 1.54) is 12.8 Å². The van der Waals surface area contributed by atoms with Gasteiger partial charge in [0.05, 0.1) is 13.2 Å². The van der Waals surface area contributed by atoms with Gasteiger partial charge >= 0.3 is 5.97 Å². The molecule has 4 nitrogen and oxygen atoms in total. The lowest BCUT2D eigenvalue weighted by molar-refractivity contribution is -0.145. The second-order valence-electron chi connectivity index (χ2n) is 4.79. The topological polar surface area (TPSA) is 46.6 Å². The number of Topliss-reactive ketones (excluding diaryl/α,β-unsaturated/α-hetero) is 1. The van der Waals surface area contributed by atoms with Crippen molar-refractivity contribution in [2.24, 2.45) is 0 Å². The number of ketones is 1. The summed E-state index contributed by atoms with van der Waals surface area (Å²) in [5.41, 5.74) is 0. The first kappa shape index (κ1) is 17.1. The summed E-state index contributed by atoms with van der Waals surface area (Å²) in [7, 11) is 0. The van der Waals surface area contributed by atoms with E-state index in [0.717, 1.165) is 13.0 Å². The Bertz CT molecular complexity index is 251. The van der Waals surface area contributed by atoms with E-state index in [2.05, 4.69) is 25.7 Å². The minimum Gasteiger partial charge on any atom is -0.466 e. The van der Waals surface area contributed by atoms with E-state index in [0.29, 0.717) is 19.2 Å². The zero-order chi connectivity index (χ0) is 14.0. The quantitative estimate of drug-likeness (QED) is 0.342. The Hall–Kier alpha value is -0.900. The van der Waals surface area contributed by atoms with Gasteiger partial charge in [-0.3, -0.25) is 14.5 Å². The molecule has 0 aromatic heterocycles. The van der Waals surface area contributed by atoms with Gasteiger partial charge in [-0.25, -0.2) is 0 Å². The van der Waals surface area contributed by atoms with Gasteiger partial charge in [0.2, 0.25) is 0 Å². The molecule has 0 amide bonds. The number of ether oxygens (including phenoxy) is 1. The highest BCUT2D eigenvalue weighted by Crippen LogP contribution is 2.04. The lowest BCUT2D eigenvalue weighted by atomic mass is 10.2. The van der Waals surface area contributed by atoms with Crippen LogP contribution in [0, 0.1) is 0 Å². The van der Waals surface area contributed by atoms with Crippen LogP contribution in [0.25, 0.3) is 0 Å². The summed E-state index contributed by atoms with van der Waals surface area (Å²) in [6.07, 6.45) is 3.34. The van der Waals surface area contributed by atoms with Gasteiger partial charge in [-0.1, -0.05) is 19.8 Å². The highest BCUT2D eigenvalue weighted by molar-refractivity contribution is 5.96. The Balaban J connectivity index is 4.07. The lowest BCUT2D eigenvalue weighted by Crippen LogP contribution is -2.37. The van der Waals surface area contributed by atoms with Crippen LogP contribution in [0.15, 0.2) is 0 Å². The van der Waals surface area contributed by atoms with Crippen molar-refractivity contribution in [2.75, 3.05) is 19.7 Å². The van der Waals surface area contributed by atoms with Crippen LogP contribution in [-0.2, 0) is 14.3 Å². The number of rotatable bonds is 10. The first-order valence-corrected chi connectivity index (χ1v) is 6.92. The summed E-state index contributed by atoms with van der Waals surface area (Å²) in [5, 5.41) is 0. The second kappa shape index (κ2) is 10.1. The molecule has 0 saturated heterocycles. The summed E-state index contributed by atoms with van der Waals surface area (Å²) in [5.74, 6) is -0.474. The molecule has 0 heterocycles. The van der Waals surface area contributed by atoms with Gasteiger partial charge in [0.25, 0.3) is 0 Å². The van der Waals surface area contributed by atoms with Crippen molar-refractivity contribution in [3.05, 3.63) is 0 Å². The van der Waals surface area contributed by atoms with Crippen LogP contribution in [0.1, 0.15) is 53.4 Å². The number of hydrogen-bond acceptors (Lipinski definition) is 4. The standard InChI is InChI=1S/C14H27NO3/c1-5-7-8-9-15(12(3)4)11-13(16)10-14(17)18-6-2/h12H,5-11H2,1-4H3. The van der Waals surface area contributed by atoms with Gasteiger partial charge in [0.15, 0.2) is 5.78 Å². The summed E-state index contributed by atoms with van der Waals surface area (Å²) in [6, 6.07) is 0.327. The molecule has 0 N–H and O–H groups in total. The van der Waals surface area contributed by atoms with E-state index in [-0.39, 0.29) is 12.2 Å². The SMILES string of the molecule is CCCCCN(CC(=O)CC(=O)OCC)C(C)C. The van der Waals surface area contributed by atoms with Crippen molar-refractivity contribution in [2.45, 2.75) is 59.4 Å². The molecule has 0 aliphatic rings. The van der Waals surface area contributed by atoms with E-state index >= 15 is 0 Å². The van der Waals surface area contributed by atoms with Crippen molar-refractivity contribution < 1.29 is 14.3 Å². The third kappa shape index (κ3) is 8.23. The summed E-state index contributed by atoms with van der Waals surface area (Å²) >= 11 is 0. The van der Waals surface area contributed by atoms with Crippen molar-refractivity contribution in [1.29, 1.82) is 0 Å². The molecule has 106 valence electrons. The van der Waals surface area contributed by atoms with Gasteiger partial charge in [-0.15, -0.1) is 0 Å². The van der Waals surface area contributed by atoms with Gasteiger partial charge in [-0.05, 0) is 33.7 Å². The average Bonchev–Trinajstić information content (AvgIpc) is 2.27. The first-order chi connectivity index (χ1) is 8.51. The summed E-state index contributed by atoms with van der Waals surface area (Å²) in [4.78, 5) is 25.1. The molecule has 4 heteroatoms. The number of hydrogen-bond donors (Lipinski definition) is 0. The van der Waals surface area contributed by atoms with E-state index in [1.807, 2.05) is 0 Å². The molecule has 0 aromatic carbocycles. The Kier molecular flexibility index (Phi) is 9.56. The minimum atomic E-state index is -0.417. The Morgan fingerprint density at radius 2 is 1.83 bits per heavy atom. The number of esters is 1.